The highest BCUT2D eigenvalue weighted by atomic mass is 16.5. The Labute approximate surface area is 92.8 Å². The topological polar surface area (TPSA) is 29.5 Å². The highest BCUT2D eigenvalue weighted by Gasteiger charge is 2.27. The van der Waals surface area contributed by atoms with E-state index in [0.717, 1.165) is 25.9 Å². The highest BCUT2D eigenvalue weighted by Crippen LogP contribution is 2.16. The van der Waals surface area contributed by atoms with Gasteiger partial charge in [-0.2, -0.15) is 0 Å². The quantitative estimate of drug-likeness (QED) is 0.656. The van der Waals surface area contributed by atoms with Gasteiger partial charge < -0.3 is 4.74 Å². The SMILES string of the molecule is CCCC(C(=O)OCC)N1CCCCC1. The number of carbonyl (C=O) groups is 1. The van der Waals surface area contributed by atoms with E-state index in [9.17, 15) is 4.79 Å². The fourth-order valence-electron chi connectivity index (χ4n) is 2.19. The standard InChI is InChI=1S/C12H23NO2/c1-3-8-11(12(14)15-4-2)13-9-6-5-7-10-13/h11H,3-10H2,1-2H3. The van der Waals surface area contributed by atoms with Crippen LogP contribution in [-0.4, -0.2) is 36.6 Å². The van der Waals surface area contributed by atoms with Crippen molar-refractivity contribution >= 4 is 5.97 Å². The van der Waals surface area contributed by atoms with Crippen LogP contribution in [0.5, 0.6) is 0 Å². The average molecular weight is 213 g/mol. The van der Waals surface area contributed by atoms with E-state index in [-0.39, 0.29) is 12.0 Å². The lowest BCUT2D eigenvalue weighted by Gasteiger charge is -2.32. The molecule has 0 radical (unpaired) electrons. The Bertz CT molecular complexity index is 188. The first kappa shape index (κ1) is 12.5. The molecular weight excluding hydrogens is 190 g/mol. The minimum atomic E-state index is -0.0266. The first-order chi connectivity index (χ1) is 7.29. The third-order valence-electron chi connectivity index (χ3n) is 2.95. The molecule has 0 aromatic heterocycles. The number of ether oxygens (including phenoxy) is 1. The van der Waals surface area contributed by atoms with E-state index in [1.54, 1.807) is 0 Å². The number of esters is 1. The van der Waals surface area contributed by atoms with Gasteiger partial charge in [0.15, 0.2) is 0 Å². The monoisotopic (exact) mass is 213 g/mol. The van der Waals surface area contributed by atoms with E-state index >= 15 is 0 Å². The maximum Gasteiger partial charge on any atom is 0.323 e. The molecule has 88 valence electrons. The normalized spacial score (nSPS) is 19.9. The summed E-state index contributed by atoms with van der Waals surface area (Å²) in [6, 6.07) is 0.00949. The summed E-state index contributed by atoms with van der Waals surface area (Å²) in [5.41, 5.74) is 0. The van der Waals surface area contributed by atoms with Gasteiger partial charge in [-0.15, -0.1) is 0 Å². The van der Waals surface area contributed by atoms with Crippen LogP contribution < -0.4 is 0 Å². The van der Waals surface area contributed by atoms with Crippen molar-refractivity contribution in [3.63, 3.8) is 0 Å². The van der Waals surface area contributed by atoms with Crippen LogP contribution in [0.2, 0.25) is 0 Å². The molecule has 1 heterocycles. The maximum atomic E-state index is 11.8. The lowest BCUT2D eigenvalue weighted by atomic mass is 10.1. The molecule has 1 saturated heterocycles. The molecule has 0 N–H and O–H groups in total. The van der Waals surface area contributed by atoms with E-state index < -0.39 is 0 Å². The van der Waals surface area contributed by atoms with Crippen molar-refractivity contribution in [2.24, 2.45) is 0 Å². The van der Waals surface area contributed by atoms with Crippen molar-refractivity contribution in [2.75, 3.05) is 19.7 Å². The number of hydrogen-bond donors (Lipinski definition) is 0. The van der Waals surface area contributed by atoms with Crippen LogP contribution in [0.25, 0.3) is 0 Å². The number of piperidine rings is 1. The second kappa shape index (κ2) is 6.83. The van der Waals surface area contributed by atoms with Crippen molar-refractivity contribution in [1.29, 1.82) is 0 Å². The maximum absolute atomic E-state index is 11.8. The number of rotatable bonds is 5. The summed E-state index contributed by atoms with van der Waals surface area (Å²) in [6.45, 7) is 6.60. The van der Waals surface area contributed by atoms with Crippen molar-refractivity contribution in [3.8, 4) is 0 Å². The van der Waals surface area contributed by atoms with Gasteiger partial charge >= 0.3 is 5.97 Å². The zero-order valence-corrected chi connectivity index (χ0v) is 10.00. The molecule has 0 aromatic rings. The van der Waals surface area contributed by atoms with Gasteiger partial charge in [0.2, 0.25) is 0 Å². The van der Waals surface area contributed by atoms with E-state index in [0.29, 0.717) is 6.61 Å². The Hall–Kier alpha value is -0.570. The molecule has 0 saturated carbocycles. The minimum absolute atomic E-state index is 0.00949. The van der Waals surface area contributed by atoms with Crippen molar-refractivity contribution in [2.45, 2.75) is 52.0 Å². The molecule has 15 heavy (non-hydrogen) atoms. The lowest BCUT2D eigenvalue weighted by molar-refractivity contribution is -0.150. The van der Waals surface area contributed by atoms with Crippen LogP contribution in [0.4, 0.5) is 0 Å². The summed E-state index contributed by atoms with van der Waals surface area (Å²) in [5.74, 6) is -0.0266. The van der Waals surface area contributed by atoms with Crippen molar-refractivity contribution in [1.82, 2.24) is 4.90 Å². The van der Waals surface area contributed by atoms with Gasteiger partial charge in [0.1, 0.15) is 6.04 Å². The van der Waals surface area contributed by atoms with E-state index in [1.807, 2.05) is 6.92 Å². The predicted octanol–water partition coefficient (Wildman–Crippen LogP) is 2.20. The molecular formula is C12H23NO2. The van der Waals surface area contributed by atoms with Crippen LogP contribution in [-0.2, 0) is 9.53 Å². The largest absolute Gasteiger partial charge is 0.465 e. The molecule has 0 bridgehead atoms. The number of hydrogen-bond acceptors (Lipinski definition) is 3. The summed E-state index contributed by atoms with van der Waals surface area (Å²) in [4.78, 5) is 14.1. The van der Waals surface area contributed by atoms with E-state index in [2.05, 4.69) is 11.8 Å². The number of carbonyl (C=O) groups excluding carboxylic acids is 1. The third-order valence-corrected chi connectivity index (χ3v) is 2.95. The number of nitrogens with zero attached hydrogens (tertiary/aromatic N) is 1. The van der Waals surface area contributed by atoms with Gasteiger partial charge in [0, 0.05) is 0 Å². The molecule has 3 heteroatoms. The Kier molecular flexibility index (Phi) is 5.69. The van der Waals surface area contributed by atoms with Crippen molar-refractivity contribution < 1.29 is 9.53 Å². The van der Waals surface area contributed by atoms with Crippen LogP contribution in [0.3, 0.4) is 0 Å². The van der Waals surface area contributed by atoms with Gasteiger partial charge in [-0.1, -0.05) is 19.8 Å². The van der Waals surface area contributed by atoms with E-state index in [1.165, 1.54) is 19.3 Å². The first-order valence-electron chi connectivity index (χ1n) is 6.20. The van der Waals surface area contributed by atoms with Gasteiger partial charge in [-0.3, -0.25) is 9.69 Å². The number of likely N-dealkylation sites (tertiary alicyclic amines) is 1. The fraction of sp³-hybridized carbons (Fsp3) is 0.917. The first-order valence-corrected chi connectivity index (χ1v) is 6.20. The van der Waals surface area contributed by atoms with Gasteiger partial charge in [0.25, 0.3) is 0 Å². The molecule has 0 aliphatic carbocycles. The summed E-state index contributed by atoms with van der Waals surface area (Å²) >= 11 is 0. The average Bonchev–Trinajstić information content (AvgIpc) is 2.27. The van der Waals surface area contributed by atoms with Crippen molar-refractivity contribution in [3.05, 3.63) is 0 Å². The smallest absolute Gasteiger partial charge is 0.323 e. The molecule has 3 nitrogen and oxygen atoms in total. The third kappa shape index (κ3) is 3.82. The Morgan fingerprint density at radius 1 is 1.27 bits per heavy atom. The second-order valence-corrected chi connectivity index (χ2v) is 4.15. The zero-order valence-electron chi connectivity index (χ0n) is 10.00. The molecule has 1 atom stereocenters. The second-order valence-electron chi connectivity index (χ2n) is 4.15. The fourth-order valence-corrected chi connectivity index (χ4v) is 2.19. The van der Waals surface area contributed by atoms with Crippen LogP contribution >= 0.6 is 0 Å². The molecule has 0 spiro atoms. The molecule has 1 aliphatic heterocycles. The summed E-state index contributed by atoms with van der Waals surface area (Å²) in [7, 11) is 0. The highest BCUT2D eigenvalue weighted by molar-refractivity contribution is 5.75. The zero-order chi connectivity index (χ0) is 11.1. The van der Waals surface area contributed by atoms with E-state index in [4.69, 9.17) is 4.74 Å². The van der Waals surface area contributed by atoms with Crippen LogP contribution in [0.15, 0.2) is 0 Å². The summed E-state index contributed by atoms with van der Waals surface area (Å²) in [5, 5.41) is 0. The van der Waals surface area contributed by atoms with Crippen LogP contribution in [0.1, 0.15) is 46.0 Å². The molecule has 0 amide bonds. The Morgan fingerprint density at radius 3 is 2.47 bits per heavy atom. The molecule has 0 aromatic carbocycles. The van der Waals surface area contributed by atoms with Crippen LogP contribution in [0, 0.1) is 0 Å². The predicted molar refractivity (Wildman–Crippen MR) is 60.8 cm³/mol. The minimum Gasteiger partial charge on any atom is -0.465 e. The summed E-state index contributed by atoms with van der Waals surface area (Å²) < 4.78 is 5.13. The molecule has 1 aliphatic rings. The van der Waals surface area contributed by atoms with Gasteiger partial charge in [-0.05, 0) is 39.3 Å². The molecule has 1 rings (SSSR count). The van der Waals surface area contributed by atoms with Gasteiger partial charge in [0.05, 0.1) is 6.61 Å². The molecule has 1 unspecified atom stereocenters. The van der Waals surface area contributed by atoms with Gasteiger partial charge in [-0.25, -0.2) is 0 Å². The Balaban J connectivity index is 2.50. The molecule has 1 fully saturated rings. The Morgan fingerprint density at radius 2 is 1.93 bits per heavy atom. The summed E-state index contributed by atoms with van der Waals surface area (Å²) in [6.07, 6.45) is 5.72. The lowest BCUT2D eigenvalue weighted by Crippen LogP contribution is -2.44.